The lowest BCUT2D eigenvalue weighted by Gasteiger charge is -2.25. The van der Waals surface area contributed by atoms with Crippen LogP contribution in [0.2, 0.25) is 0 Å². The summed E-state index contributed by atoms with van der Waals surface area (Å²) in [5, 5.41) is 12.4. The van der Waals surface area contributed by atoms with E-state index >= 15 is 0 Å². The van der Waals surface area contributed by atoms with E-state index in [2.05, 4.69) is 16.4 Å². The number of benzene rings is 1. The van der Waals surface area contributed by atoms with Crippen LogP contribution in [0.3, 0.4) is 0 Å². The molecule has 1 fully saturated rings. The maximum atomic E-state index is 9.10. The first kappa shape index (κ1) is 14.5. The molecule has 1 atom stereocenters. The average molecular weight is 295 g/mol. The minimum atomic E-state index is -0.00717. The fourth-order valence-electron chi connectivity index (χ4n) is 2.46. The van der Waals surface area contributed by atoms with E-state index in [1.807, 2.05) is 24.3 Å². The molecule has 5 nitrogen and oxygen atoms in total. The number of nitrogens with zero attached hydrogens (tertiary/aromatic N) is 2. The molecule has 5 heteroatoms. The monoisotopic (exact) mass is 295 g/mol. The molecular formula is C17H17N3O2. The molecule has 2 aromatic rings. The summed E-state index contributed by atoms with van der Waals surface area (Å²) < 4.78 is 11.6. The number of rotatable bonds is 4. The molecule has 0 bridgehead atoms. The van der Waals surface area contributed by atoms with Crippen LogP contribution in [0.4, 0.5) is 0 Å². The van der Waals surface area contributed by atoms with E-state index in [9.17, 15) is 0 Å². The van der Waals surface area contributed by atoms with E-state index in [-0.39, 0.29) is 6.10 Å². The molecular weight excluding hydrogens is 278 g/mol. The normalized spacial score (nSPS) is 17.7. The summed E-state index contributed by atoms with van der Waals surface area (Å²) in [5.41, 5.74) is 2.39. The standard InChI is InChI=1S/C17H17N3O2/c18-10-13-4-1-2-6-16(13)22-12-15-14(5-3-7-20-15)17-11-19-8-9-21-17/h1-7,17,19H,8-9,11-12H2. The zero-order chi connectivity index (χ0) is 15.2. The highest BCUT2D eigenvalue weighted by molar-refractivity contribution is 5.42. The molecule has 1 aliphatic rings. The third-order valence-electron chi connectivity index (χ3n) is 3.57. The quantitative estimate of drug-likeness (QED) is 0.936. The molecule has 1 saturated heterocycles. The van der Waals surface area contributed by atoms with Gasteiger partial charge in [-0.1, -0.05) is 18.2 Å². The molecule has 0 aliphatic carbocycles. The summed E-state index contributed by atoms with van der Waals surface area (Å²) >= 11 is 0. The van der Waals surface area contributed by atoms with Gasteiger partial charge in [0.1, 0.15) is 18.4 Å². The van der Waals surface area contributed by atoms with E-state index in [1.165, 1.54) is 0 Å². The van der Waals surface area contributed by atoms with Gasteiger partial charge in [-0.05, 0) is 18.2 Å². The maximum Gasteiger partial charge on any atom is 0.137 e. The van der Waals surface area contributed by atoms with Gasteiger partial charge in [0.15, 0.2) is 0 Å². The first-order chi connectivity index (χ1) is 10.9. The van der Waals surface area contributed by atoms with Gasteiger partial charge in [0.25, 0.3) is 0 Å². The van der Waals surface area contributed by atoms with Crippen molar-refractivity contribution >= 4 is 0 Å². The Morgan fingerprint density at radius 2 is 2.23 bits per heavy atom. The van der Waals surface area contributed by atoms with Crippen LogP contribution < -0.4 is 10.1 Å². The molecule has 0 radical (unpaired) electrons. The number of hydrogen-bond donors (Lipinski definition) is 1. The first-order valence-electron chi connectivity index (χ1n) is 7.26. The van der Waals surface area contributed by atoms with Crippen molar-refractivity contribution in [1.82, 2.24) is 10.3 Å². The molecule has 0 saturated carbocycles. The second kappa shape index (κ2) is 7.03. The van der Waals surface area contributed by atoms with Crippen LogP contribution in [0.1, 0.15) is 22.9 Å². The molecule has 1 aromatic heterocycles. The lowest BCUT2D eigenvalue weighted by Crippen LogP contribution is -2.34. The minimum Gasteiger partial charge on any atom is -0.486 e. The Balaban J connectivity index is 1.76. The van der Waals surface area contributed by atoms with E-state index in [1.54, 1.807) is 18.3 Å². The predicted octanol–water partition coefficient (Wildman–Crippen LogP) is 2.19. The third-order valence-corrected chi connectivity index (χ3v) is 3.57. The highest BCUT2D eigenvalue weighted by atomic mass is 16.5. The van der Waals surface area contributed by atoms with Crippen LogP contribution in [-0.4, -0.2) is 24.7 Å². The number of aromatic nitrogens is 1. The molecule has 0 amide bonds. The lowest BCUT2D eigenvalue weighted by molar-refractivity contribution is 0.0263. The van der Waals surface area contributed by atoms with Crippen LogP contribution in [-0.2, 0) is 11.3 Å². The van der Waals surface area contributed by atoms with E-state index in [0.29, 0.717) is 24.5 Å². The molecule has 3 rings (SSSR count). The van der Waals surface area contributed by atoms with Gasteiger partial charge >= 0.3 is 0 Å². The van der Waals surface area contributed by atoms with Crippen molar-refractivity contribution in [3.8, 4) is 11.8 Å². The van der Waals surface area contributed by atoms with Crippen molar-refractivity contribution in [2.75, 3.05) is 19.7 Å². The summed E-state index contributed by atoms with van der Waals surface area (Å²) in [6.07, 6.45) is 1.74. The van der Waals surface area contributed by atoms with Gasteiger partial charge in [-0.15, -0.1) is 0 Å². The van der Waals surface area contributed by atoms with Gasteiger partial charge in [-0.3, -0.25) is 4.98 Å². The number of pyridine rings is 1. The predicted molar refractivity (Wildman–Crippen MR) is 81.3 cm³/mol. The molecule has 1 N–H and O–H groups in total. The molecule has 1 aliphatic heterocycles. The average Bonchev–Trinajstić information content (AvgIpc) is 2.61. The molecule has 112 valence electrons. The van der Waals surface area contributed by atoms with Gasteiger partial charge in [-0.2, -0.15) is 5.26 Å². The van der Waals surface area contributed by atoms with Crippen molar-refractivity contribution in [2.45, 2.75) is 12.7 Å². The van der Waals surface area contributed by atoms with Gasteiger partial charge in [0, 0.05) is 24.8 Å². The zero-order valence-corrected chi connectivity index (χ0v) is 12.2. The topological polar surface area (TPSA) is 67.2 Å². The minimum absolute atomic E-state index is 0.00717. The fraction of sp³-hybridized carbons (Fsp3) is 0.294. The fourth-order valence-corrected chi connectivity index (χ4v) is 2.46. The van der Waals surface area contributed by atoms with Crippen LogP contribution in [0.15, 0.2) is 42.6 Å². The first-order valence-corrected chi connectivity index (χ1v) is 7.26. The number of para-hydroxylation sites is 1. The van der Waals surface area contributed by atoms with E-state index in [4.69, 9.17) is 14.7 Å². The van der Waals surface area contributed by atoms with Crippen molar-refractivity contribution < 1.29 is 9.47 Å². The number of hydrogen-bond acceptors (Lipinski definition) is 5. The van der Waals surface area contributed by atoms with Crippen molar-refractivity contribution in [3.63, 3.8) is 0 Å². The summed E-state index contributed by atoms with van der Waals surface area (Å²) in [6, 6.07) is 13.2. The lowest BCUT2D eigenvalue weighted by atomic mass is 10.1. The second-order valence-corrected chi connectivity index (χ2v) is 5.00. The van der Waals surface area contributed by atoms with Crippen LogP contribution in [0.25, 0.3) is 0 Å². The highest BCUT2D eigenvalue weighted by Crippen LogP contribution is 2.23. The SMILES string of the molecule is N#Cc1ccccc1OCc1ncccc1C1CNCCO1. The van der Waals surface area contributed by atoms with Crippen LogP contribution in [0, 0.1) is 11.3 Å². The number of morpholine rings is 1. The van der Waals surface area contributed by atoms with Gasteiger partial charge in [-0.25, -0.2) is 0 Å². The van der Waals surface area contributed by atoms with Crippen molar-refractivity contribution in [3.05, 3.63) is 59.4 Å². The van der Waals surface area contributed by atoms with E-state index < -0.39 is 0 Å². The Labute approximate surface area is 129 Å². The van der Waals surface area contributed by atoms with Crippen molar-refractivity contribution in [2.24, 2.45) is 0 Å². The molecule has 1 unspecified atom stereocenters. The zero-order valence-electron chi connectivity index (χ0n) is 12.2. The Hall–Kier alpha value is -2.42. The Morgan fingerprint density at radius 3 is 3.05 bits per heavy atom. The summed E-state index contributed by atoms with van der Waals surface area (Å²) in [4.78, 5) is 4.41. The smallest absolute Gasteiger partial charge is 0.137 e. The largest absolute Gasteiger partial charge is 0.486 e. The van der Waals surface area contributed by atoms with Gasteiger partial charge in [0.05, 0.1) is 24.0 Å². The van der Waals surface area contributed by atoms with E-state index in [0.717, 1.165) is 24.3 Å². The highest BCUT2D eigenvalue weighted by Gasteiger charge is 2.19. The number of nitrogens with one attached hydrogen (secondary N) is 1. The Morgan fingerprint density at radius 1 is 1.32 bits per heavy atom. The van der Waals surface area contributed by atoms with Crippen LogP contribution in [0.5, 0.6) is 5.75 Å². The van der Waals surface area contributed by atoms with Gasteiger partial charge in [0.2, 0.25) is 0 Å². The molecule has 0 spiro atoms. The Bertz CT molecular complexity index is 676. The number of ether oxygens (including phenoxy) is 2. The van der Waals surface area contributed by atoms with Gasteiger partial charge < -0.3 is 14.8 Å². The Kier molecular flexibility index (Phi) is 4.64. The number of nitriles is 1. The van der Waals surface area contributed by atoms with Crippen LogP contribution >= 0.6 is 0 Å². The van der Waals surface area contributed by atoms with Crippen molar-refractivity contribution in [1.29, 1.82) is 5.26 Å². The summed E-state index contributed by atoms with van der Waals surface area (Å²) in [6.45, 7) is 2.65. The second-order valence-electron chi connectivity index (χ2n) is 5.00. The molecule has 1 aromatic carbocycles. The summed E-state index contributed by atoms with van der Waals surface area (Å²) in [7, 11) is 0. The molecule has 2 heterocycles. The third kappa shape index (κ3) is 3.25. The maximum absolute atomic E-state index is 9.10. The summed E-state index contributed by atoms with van der Waals surface area (Å²) in [5.74, 6) is 0.573. The molecule has 22 heavy (non-hydrogen) atoms.